The summed E-state index contributed by atoms with van der Waals surface area (Å²) in [6.07, 6.45) is 4.80. The van der Waals surface area contributed by atoms with Crippen LogP contribution in [0.15, 0.2) is 18.2 Å². The largest absolute Gasteiger partial charge is 0.490 e. The summed E-state index contributed by atoms with van der Waals surface area (Å²) in [6, 6.07) is 5.00. The van der Waals surface area contributed by atoms with E-state index in [1.54, 1.807) is 0 Å². The van der Waals surface area contributed by atoms with Gasteiger partial charge in [0, 0.05) is 17.7 Å². The zero-order valence-electron chi connectivity index (χ0n) is 12.1. The molecule has 1 fully saturated rings. The number of hydrogen-bond donors (Lipinski definition) is 1. The van der Waals surface area contributed by atoms with Gasteiger partial charge in [-0.1, -0.05) is 13.0 Å². The van der Waals surface area contributed by atoms with Crippen molar-refractivity contribution in [2.24, 2.45) is 5.92 Å². The molecule has 0 saturated heterocycles. The monoisotopic (exact) mass is 265 g/mol. The fourth-order valence-corrected chi connectivity index (χ4v) is 2.65. The van der Waals surface area contributed by atoms with Crippen LogP contribution in [0.5, 0.6) is 5.75 Å². The Morgan fingerprint density at radius 3 is 2.58 bits per heavy atom. The maximum absolute atomic E-state index is 13.4. The lowest BCUT2D eigenvalue weighted by atomic mass is 9.89. The first kappa shape index (κ1) is 14.3. The van der Waals surface area contributed by atoms with Gasteiger partial charge < -0.3 is 10.1 Å². The summed E-state index contributed by atoms with van der Waals surface area (Å²) in [5.74, 6) is 1.26. The average molecular weight is 265 g/mol. The molecule has 1 unspecified atom stereocenters. The second-order valence-electron chi connectivity index (χ2n) is 5.69. The van der Waals surface area contributed by atoms with Crippen molar-refractivity contribution in [3.63, 3.8) is 0 Å². The lowest BCUT2D eigenvalue weighted by Crippen LogP contribution is -2.24. The van der Waals surface area contributed by atoms with Crippen molar-refractivity contribution in [3.05, 3.63) is 29.6 Å². The van der Waals surface area contributed by atoms with E-state index in [0.717, 1.165) is 24.3 Å². The molecule has 106 valence electrons. The third kappa shape index (κ3) is 3.69. The van der Waals surface area contributed by atoms with Crippen molar-refractivity contribution < 1.29 is 9.13 Å². The van der Waals surface area contributed by atoms with Crippen molar-refractivity contribution in [3.8, 4) is 5.75 Å². The van der Waals surface area contributed by atoms with Gasteiger partial charge in [0.1, 0.15) is 11.6 Å². The summed E-state index contributed by atoms with van der Waals surface area (Å²) in [6.45, 7) is 4.34. The van der Waals surface area contributed by atoms with Crippen molar-refractivity contribution in [1.29, 1.82) is 0 Å². The Kier molecular flexibility index (Phi) is 4.81. The SMILES string of the molecule is CNC(C)c1ccc(F)cc1OC1CCC(C)CC1. The molecule has 1 aliphatic carbocycles. The summed E-state index contributed by atoms with van der Waals surface area (Å²) >= 11 is 0. The zero-order valence-corrected chi connectivity index (χ0v) is 12.1. The molecule has 0 radical (unpaired) electrons. The highest BCUT2D eigenvalue weighted by Gasteiger charge is 2.21. The number of benzene rings is 1. The van der Waals surface area contributed by atoms with Crippen LogP contribution in [0.2, 0.25) is 0 Å². The molecule has 0 amide bonds. The molecule has 0 spiro atoms. The van der Waals surface area contributed by atoms with E-state index in [1.165, 1.54) is 25.0 Å². The Balaban J connectivity index is 2.11. The third-order valence-corrected chi connectivity index (χ3v) is 4.13. The number of nitrogens with one attached hydrogen (secondary N) is 1. The van der Waals surface area contributed by atoms with E-state index in [2.05, 4.69) is 19.2 Å². The molecular weight excluding hydrogens is 241 g/mol. The van der Waals surface area contributed by atoms with Crippen LogP contribution in [-0.2, 0) is 0 Å². The Morgan fingerprint density at radius 1 is 1.26 bits per heavy atom. The molecule has 0 bridgehead atoms. The van der Waals surface area contributed by atoms with Crippen LogP contribution in [0.4, 0.5) is 4.39 Å². The Morgan fingerprint density at radius 2 is 1.95 bits per heavy atom. The minimum Gasteiger partial charge on any atom is -0.490 e. The molecule has 0 aromatic heterocycles. The first-order valence-electron chi connectivity index (χ1n) is 7.23. The molecule has 2 nitrogen and oxygen atoms in total. The Bertz CT molecular complexity index is 413. The second kappa shape index (κ2) is 6.38. The summed E-state index contributed by atoms with van der Waals surface area (Å²) in [7, 11) is 1.90. The van der Waals surface area contributed by atoms with E-state index in [4.69, 9.17) is 4.74 Å². The molecular formula is C16H24FNO. The number of rotatable bonds is 4. The minimum absolute atomic E-state index is 0.165. The number of hydrogen-bond acceptors (Lipinski definition) is 2. The van der Waals surface area contributed by atoms with Gasteiger partial charge in [0.05, 0.1) is 6.10 Å². The zero-order chi connectivity index (χ0) is 13.8. The van der Waals surface area contributed by atoms with Crippen LogP contribution < -0.4 is 10.1 Å². The lowest BCUT2D eigenvalue weighted by Gasteiger charge is -2.28. The first-order valence-corrected chi connectivity index (χ1v) is 7.23. The van der Waals surface area contributed by atoms with Crippen LogP contribution in [0, 0.1) is 11.7 Å². The maximum Gasteiger partial charge on any atom is 0.127 e. The van der Waals surface area contributed by atoms with Crippen LogP contribution in [0.1, 0.15) is 51.1 Å². The van der Waals surface area contributed by atoms with Crippen molar-refractivity contribution >= 4 is 0 Å². The summed E-state index contributed by atoms with van der Waals surface area (Å²) in [5, 5.41) is 3.18. The highest BCUT2D eigenvalue weighted by atomic mass is 19.1. The molecule has 2 rings (SSSR count). The predicted molar refractivity (Wildman–Crippen MR) is 75.9 cm³/mol. The van der Waals surface area contributed by atoms with Crippen molar-refractivity contribution in [2.75, 3.05) is 7.05 Å². The van der Waals surface area contributed by atoms with E-state index < -0.39 is 0 Å². The van der Waals surface area contributed by atoms with E-state index in [9.17, 15) is 4.39 Å². The summed E-state index contributed by atoms with van der Waals surface area (Å²) in [5.41, 5.74) is 1.03. The predicted octanol–water partition coefficient (Wildman–Crippen LogP) is 4.06. The molecule has 1 aromatic rings. The minimum atomic E-state index is -0.230. The molecule has 0 heterocycles. The molecule has 1 atom stereocenters. The fourth-order valence-electron chi connectivity index (χ4n) is 2.65. The molecule has 1 aromatic carbocycles. The van der Waals surface area contributed by atoms with Gasteiger partial charge in [-0.25, -0.2) is 4.39 Å². The van der Waals surface area contributed by atoms with Gasteiger partial charge in [-0.2, -0.15) is 0 Å². The highest BCUT2D eigenvalue weighted by molar-refractivity contribution is 5.36. The normalized spacial score (nSPS) is 25.1. The van der Waals surface area contributed by atoms with Crippen molar-refractivity contribution in [2.45, 2.75) is 51.7 Å². The van der Waals surface area contributed by atoms with Crippen molar-refractivity contribution in [1.82, 2.24) is 5.32 Å². The van der Waals surface area contributed by atoms with E-state index in [0.29, 0.717) is 5.75 Å². The van der Waals surface area contributed by atoms with E-state index >= 15 is 0 Å². The second-order valence-corrected chi connectivity index (χ2v) is 5.69. The fraction of sp³-hybridized carbons (Fsp3) is 0.625. The Labute approximate surface area is 115 Å². The molecule has 1 aliphatic rings. The summed E-state index contributed by atoms with van der Waals surface area (Å²) in [4.78, 5) is 0. The third-order valence-electron chi connectivity index (χ3n) is 4.13. The van der Waals surface area contributed by atoms with Gasteiger partial charge in [0.25, 0.3) is 0 Å². The van der Waals surface area contributed by atoms with Gasteiger partial charge in [-0.15, -0.1) is 0 Å². The highest BCUT2D eigenvalue weighted by Crippen LogP contribution is 2.31. The van der Waals surface area contributed by atoms with Crippen LogP contribution in [0.25, 0.3) is 0 Å². The quantitative estimate of drug-likeness (QED) is 0.886. The number of ether oxygens (including phenoxy) is 1. The molecule has 1 N–H and O–H groups in total. The Hall–Kier alpha value is -1.09. The number of halogens is 1. The van der Waals surface area contributed by atoms with Gasteiger partial charge >= 0.3 is 0 Å². The van der Waals surface area contributed by atoms with Crippen LogP contribution in [-0.4, -0.2) is 13.2 Å². The standard InChI is InChI=1S/C16H24FNO/c1-11-4-7-14(8-5-11)19-16-10-13(17)6-9-15(16)12(2)18-3/h6,9-12,14,18H,4-5,7-8H2,1-3H3. The molecule has 1 saturated carbocycles. The average Bonchev–Trinajstić information content (AvgIpc) is 2.41. The lowest BCUT2D eigenvalue weighted by molar-refractivity contribution is 0.133. The summed E-state index contributed by atoms with van der Waals surface area (Å²) < 4.78 is 19.5. The van der Waals surface area contributed by atoms with Crippen LogP contribution >= 0.6 is 0 Å². The van der Waals surface area contributed by atoms with Gasteiger partial charge in [0.2, 0.25) is 0 Å². The molecule has 0 aliphatic heterocycles. The molecule has 19 heavy (non-hydrogen) atoms. The maximum atomic E-state index is 13.4. The molecule has 3 heteroatoms. The topological polar surface area (TPSA) is 21.3 Å². The smallest absolute Gasteiger partial charge is 0.127 e. The first-order chi connectivity index (χ1) is 9.10. The van der Waals surface area contributed by atoms with Gasteiger partial charge in [-0.05, 0) is 51.6 Å². The van der Waals surface area contributed by atoms with E-state index in [-0.39, 0.29) is 18.0 Å². The van der Waals surface area contributed by atoms with E-state index in [1.807, 2.05) is 13.1 Å². The van der Waals surface area contributed by atoms with Crippen LogP contribution in [0.3, 0.4) is 0 Å². The van der Waals surface area contributed by atoms with Gasteiger partial charge in [0.15, 0.2) is 0 Å². The van der Waals surface area contributed by atoms with Gasteiger partial charge in [-0.3, -0.25) is 0 Å².